The Balaban J connectivity index is 0.000000262. The molecule has 2 heterocycles. The fourth-order valence-corrected chi connectivity index (χ4v) is 3.09. The van der Waals surface area contributed by atoms with Gasteiger partial charge in [-0.05, 0) is 44.0 Å². The second-order valence-corrected chi connectivity index (χ2v) is 8.44. The van der Waals surface area contributed by atoms with E-state index in [2.05, 4.69) is 11.9 Å². The van der Waals surface area contributed by atoms with E-state index in [4.69, 9.17) is 15.0 Å². The Morgan fingerprint density at radius 3 is 2.52 bits per heavy atom. The van der Waals surface area contributed by atoms with Gasteiger partial charge >= 0.3 is 0 Å². The summed E-state index contributed by atoms with van der Waals surface area (Å²) >= 11 is 0. The molecule has 0 aliphatic heterocycles. The summed E-state index contributed by atoms with van der Waals surface area (Å²) in [5, 5.41) is 0. The molecular formula is C22H28FN3O4S. The molecule has 0 aliphatic rings. The maximum absolute atomic E-state index is 12.4. The Bertz CT molecular complexity index is 1110. The van der Waals surface area contributed by atoms with Crippen LogP contribution in [-0.2, 0) is 16.5 Å². The standard InChI is InChI=1S/C15H20FN3O.C7H8O3S/c1-2-3-4-13-9-19-10-14(5-6-15(19)18-13)20-11-12(7-16)8-17;1-6-2-4-7(5-3-6)11(8,9)10/h5-7,9-10H,2-4,8,11,17H2,1H3;2-5H,1H3,(H,8,9,10). The summed E-state index contributed by atoms with van der Waals surface area (Å²) in [4.78, 5) is 4.47. The Kier molecular flexibility index (Phi) is 9.17. The monoisotopic (exact) mass is 449 g/mol. The Hall–Kier alpha value is -2.75. The van der Waals surface area contributed by atoms with Crippen molar-refractivity contribution in [2.75, 3.05) is 13.2 Å². The Labute approximate surface area is 182 Å². The average Bonchev–Trinajstić information content (AvgIpc) is 3.15. The number of hydrogen-bond donors (Lipinski definition) is 2. The van der Waals surface area contributed by atoms with E-state index in [0.717, 1.165) is 36.2 Å². The van der Waals surface area contributed by atoms with E-state index in [1.54, 1.807) is 12.1 Å². The van der Waals surface area contributed by atoms with Crippen LogP contribution in [0.15, 0.2) is 65.6 Å². The lowest BCUT2D eigenvalue weighted by atomic mass is 10.2. The molecule has 0 saturated heterocycles. The fraction of sp³-hybridized carbons (Fsp3) is 0.318. The first-order valence-corrected chi connectivity index (χ1v) is 11.3. The zero-order valence-electron chi connectivity index (χ0n) is 17.7. The maximum Gasteiger partial charge on any atom is 0.294 e. The van der Waals surface area contributed by atoms with E-state index in [-0.39, 0.29) is 18.0 Å². The van der Waals surface area contributed by atoms with Crippen LogP contribution >= 0.6 is 0 Å². The van der Waals surface area contributed by atoms with Gasteiger partial charge in [0, 0.05) is 18.3 Å². The molecule has 0 bridgehead atoms. The molecule has 3 N–H and O–H groups in total. The van der Waals surface area contributed by atoms with Crippen LogP contribution in [0.3, 0.4) is 0 Å². The van der Waals surface area contributed by atoms with E-state index in [1.165, 1.54) is 12.1 Å². The number of nitrogens with two attached hydrogens (primary N) is 1. The maximum atomic E-state index is 12.4. The third-order valence-corrected chi connectivity index (χ3v) is 5.29. The summed E-state index contributed by atoms with van der Waals surface area (Å²) in [5.41, 5.74) is 8.74. The van der Waals surface area contributed by atoms with Gasteiger partial charge in [0.05, 0.1) is 23.1 Å². The highest BCUT2D eigenvalue weighted by Gasteiger charge is 2.07. The molecule has 0 fully saturated rings. The number of pyridine rings is 1. The predicted octanol–water partition coefficient (Wildman–Crippen LogP) is 4.11. The van der Waals surface area contributed by atoms with Crippen molar-refractivity contribution in [3.63, 3.8) is 0 Å². The van der Waals surface area contributed by atoms with Crippen LogP contribution in [0.25, 0.3) is 5.65 Å². The normalized spacial score (nSPS) is 11.8. The molecule has 168 valence electrons. The fourth-order valence-electron chi connectivity index (χ4n) is 2.61. The molecule has 0 radical (unpaired) electrons. The molecule has 0 unspecified atom stereocenters. The molecule has 0 saturated carbocycles. The minimum absolute atomic E-state index is 0.0666. The van der Waals surface area contributed by atoms with Crippen molar-refractivity contribution in [1.29, 1.82) is 0 Å². The molecule has 3 rings (SSSR count). The SMILES string of the molecule is CCCCc1cn2cc(OCC(=CF)CN)ccc2n1.Cc1ccc(S(=O)(=O)O)cc1. The smallest absolute Gasteiger partial charge is 0.294 e. The van der Waals surface area contributed by atoms with Crippen molar-refractivity contribution >= 4 is 15.8 Å². The number of imidazole rings is 1. The van der Waals surface area contributed by atoms with Gasteiger partial charge in [-0.2, -0.15) is 8.42 Å². The molecule has 1 aromatic carbocycles. The number of aromatic nitrogens is 2. The van der Waals surface area contributed by atoms with Crippen molar-refractivity contribution in [2.45, 2.75) is 38.0 Å². The van der Waals surface area contributed by atoms with E-state index >= 15 is 0 Å². The van der Waals surface area contributed by atoms with Gasteiger partial charge in [-0.15, -0.1) is 0 Å². The first kappa shape index (κ1) is 24.5. The molecule has 9 heteroatoms. The molecule has 0 aliphatic carbocycles. The molecule has 2 aromatic heterocycles. The van der Waals surface area contributed by atoms with E-state index in [9.17, 15) is 12.8 Å². The number of benzene rings is 1. The topological polar surface area (TPSA) is 107 Å². The Morgan fingerprint density at radius 2 is 1.94 bits per heavy atom. The second-order valence-electron chi connectivity index (χ2n) is 7.01. The highest BCUT2D eigenvalue weighted by molar-refractivity contribution is 7.85. The predicted molar refractivity (Wildman–Crippen MR) is 119 cm³/mol. The van der Waals surface area contributed by atoms with Gasteiger partial charge in [-0.1, -0.05) is 31.0 Å². The van der Waals surface area contributed by atoms with E-state index in [1.807, 2.05) is 35.9 Å². The Morgan fingerprint density at radius 1 is 1.23 bits per heavy atom. The number of nitrogens with zero attached hydrogens (tertiary/aromatic N) is 2. The lowest BCUT2D eigenvalue weighted by molar-refractivity contribution is 0.346. The number of rotatable bonds is 8. The molecule has 3 aromatic rings. The quantitative estimate of drug-likeness (QED) is 0.501. The van der Waals surface area contributed by atoms with Crippen LogP contribution in [0.5, 0.6) is 5.75 Å². The lowest BCUT2D eigenvalue weighted by Crippen LogP contribution is -2.10. The van der Waals surface area contributed by atoms with Gasteiger partial charge < -0.3 is 14.9 Å². The summed E-state index contributed by atoms with van der Waals surface area (Å²) in [6, 6.07) is 9.71. The van der Waals surface area contributed by atoms with Crippen molar-refractivity contribution in [3.8, 4) is 5.75 Å². The highest BCUT2D eigenvalue weighted by Crippen LogP contribution is 2.15. The lowest BCUT2D eigenvalue weighted by Gasteiger charge is -2.07. The molecule has 0 spiro atoms. The minimum Gasteiger partial charge on any atom is -0.488 e. The van der Waals surface area contributed by atoms with Crippen molar-refractivity contribution in [2.24, 2.45) is 5.73 Å². The van der Waals surface area contributed by atoms with Crippen LogP contribution in [0, 0.1) is 6.92 Å². The first-order valence-electron chi connectivity index (χ1n) is 9.89. The van der Waals surface area contributed by atoms with Crippen LogP contribution < -0.4 is 10.5 Å². The zero-order valence-corrected chi connectivity index (χ0v) is 18.5. The van der Waals surface area contributed by atoms with Gasteiger partial charge in [0.25, 0.3) is 10.1 Å². The van der Waals surface area contributed by atoms with Gasteiger partial charge in [0.1, 0.15) is 18.0 Å². The van der Waals surface area contributed by atoms with Crippen LogP contribution in [0.2, 0.25) is 0 Å². The molecule has 0 amide bonds. The summed E-state index contributed by atoms with van der Waals surface area (Å²) in [6.45, 7) is 4.32. The van der Waals surface area contributed by atoms with Crippen LogP contribution in [0.4, 0.5) is 4.39 Å². The third kappa shape index (κ3) is 7.78. The number of halogens is 1. The second kappa shape index (κ2) is 11.6. The summed E-state index contributed by atoms with van der Waals surface area (Å²) in [6.07, 6.45) is 7.62. The molecule has 0 atom stereocenters. The zero-order chi connectivity index (χ0) is 22.9. The van der Waals surface area contributed by atoms with Gasteiger partial charge in [0.2, 0.25) is 0 Å². The number of unbranched alkanes of at least 4 members (excludes halogenated alkanes) is 1. The van der Waals surface area contributed by atoms with Crippen molar-refractivity contribution < 1.29 is 22.1 Å². The van der Waals surface area contributed by atoms with Gasteiger partial charge in [-0.3, -0.25) is 4.55 Å². The number of ether oxygens (including phenoxy) is 1. The van der Waals surface area contributed by atoms with Gasteiger partial charge in [-0.25, -0.2) is 9.37 Å². The number of hydrogen-bond acceptors (Lipinski definition) is 5. The van der Waals surface area contributed by atoms with E-state index < -0.39 is 10.1 Å². The highest BCUT2D eigenvalue weighted by atomic mass is 32.2. The molecule has 7 nitrogen and oxygen atoms in total. The average molecular weight is 450 g/mol. The number of aryl methyl sites for hydroxylation is 2. The van der Waals surface area contributed by atoms with Gasteiger partial charge in [0.15, 0.2) is 0 Å². The van der Waals surface area contributed by atoms with Crippen molar-refractivity contribution in [3.05, 3.63) is 72.0 Å². The molecular weight excluding hydrogens is 421 g/mol. The summed E-state index contributed by atoms with van der Waals surface area (Å²) in [5.74, 6) is 0.671. The molecule has 31 heavy (non-hydrogen) atoms. The summed E-state index contributed by atoms with van der Waals surface area (Å²) in [7, 11) is -4.02. The largest absolute Gasteiger partial charge is 0.488 e. The minimum atomic E-state index is -4.02. The summed E-state index contributed by atoms with van der Waals surface area (Å²) < 4.78 is 49.4. The van der Waals surface area contributed by atoms with Crippen LogP contribution in [-0.4, -0.2) is 35.5 Å². The third-order valence-electron chi connectivity index (χ3n) is 4.42. The first-order chi connectivity index (χ1) is 14.8. The van der Waals surface area contributed by atoms with E-state index in [0.29, 0.717) is 17.7 Å². The van der Waals surface area contributed by atoms with Crippen molar-refractivity contribution in [1.82, 2.24) is 9.38 Å². The number of fused-ring (bicyclic) bond motifs is 1. The van der Waals surface area contributed by atoms with Crippen LogP contribution in [0.1, 0.15) is 31.0 Å².